The van der Waals surface area contributed by atoms with Gasteiger partial charge in [-0.1, -0.05) is 182 Å². The van der Waals surface area contributed by atoms with Crippen molar-refractivity contribution in [2.75, 3.05) is 0 Å². The van der Waals surface area contributed by atoms with Crippen molar-refractivity contribution in [3.8, 4) is 79.0 Å². The minimum Gasteiger partial charge on any atom is -0.455 e. The molecule has 0 N–H and O–H groups in total. The van der Waals surface area contributed by atoms with E-state index in [1.165, 1.54) is 10.8 Å². The average molecular weight is 795 g/mol. The van der Waals surface area contributed by atoms with Crippen LogP contribution in [0.15, 0.2) is 215 Å². The highest BCUT2D eigenvalue weighted by atomic mass is 16.4. The van der Waals surface area contributed by atoms with Crippen LogP contribution in [0.25, 0.3) is 123 Å². The predicted molar refractivity (Wildman–Crippen MR) is 250 cm³/mol. The van der Waals surface area contributed by atoms with Crippen molar-refractivity contribution >= 4 is 43.8 Å². The topological polar surface area (TPSA) is 77.8 Å². The van der Waals surface area contributed by atoms with Crippen LogP contribution in [0.2, 0.25) is 0 Å². The van der Waals surface area contributed by atoms with Crippen molar-refractivity contribution in [1.29, 1.82) is 0 Å². The summed E-state index contributed by atoms with van der Waals surface area (Å²) < 4.78 is 13.0. The second-order valence-electron chi connectivity index (χ2n) is 15.4. The molecule has 12 aromatic rings. The second kappa shape index (κ2) is 14.7. The minimum absolute atomic E-state index is 0.587. The van der Waals surface area contributed by atoms with E-state index in [1.54, 1.807) is 0 Å². The van der Waals surface area contributed by atoms with Gasteiger partial charge in [0.25, 0.3) is 0 Å². The SMILES string of the molecule is c1ccc(-c2nc(-c3ccccc3)nc(-c3ccc(-c4ccc(-c5ccc(-c6cc7nc(-c8ccccc8)oc7c7c6oc6ccccc67)cc5)c5ccccc45)cc3)n2)cc1. The molecule has 0 aliphatic rings. The third-order valence-electron chi connectivity index (χ3n) is 11.6. The van der Waals surface area contributed by atoms with Gasteiger partial charge in [-0.2, -0.15) is 0 Å². The van der Waals surface area contributed by atoms with E-state index >= 15 is 0 Å². The normalized spacial score (nSPS) is 11.5. The van der Waals surface area contributed by atoms with Crippen LogP contribution < -0.4 is 0 Å². The molecule has 6 nitrogen and oxygen atoms in total. The molecule has 12 rings (SSSR count). The first kappa shape index (κ1) is 35.5. The van der Waals surface area contributed by atoms with E-state index in [9.17, 15) is 0 Å². The number of rotatable bonds is 7. The van der Waals surface area contributed by atoms with Crippen molar-refractivity contribution < 1.29 is 8.83 Å². The molecule has 0 radical (unpaired) electrons. The van der Waals surface area contributed by atoms with E-state index in [1.807, 2.05) is 109 Å². The molecule has 62 heavy (non-hydrogen) atoms. The lowest BCUT2D eigenvalue weighted by Gasteiger charge is -2.13. The molecule has 0 spiro atoms. The molecule has 3 heterocycles. The average Bonchev–Trinajstić information content (AvgIpc) is 3.97. The Morgan fingerprint density at radius 1 is 0.290 bits per heavy atom. The Bertz CT molecular complexity index is 3540. The number of nitrogens with zero attached hydrogens (tertiary/aromatic N) is 4. The maximum absolute atomic E-state index is 6.57. The first-order valence-corrected chi connectivity index (χ1v) is 20.6. The zero-order chi connectivity index (χ0) is 41.0. The summed E-state index contributed by atoms with van der Waals surface area (Å²) in [6.07, 6.45) is 0. The molecule has 3 aromatic heterocycles. The molecular weight excluding hydrogens is 761 g/mol. The molecule has 0 saturated carbocycles. The molecule has 9 aromatic carbocycles. The number of furan rings is 1. The highest BCUT2D eigenvalue weighted by molar-refractivity contribution is 6.20. The highest BCUT2D eigenvalue weighted by Gasteiger charge is 2.21. The summed E-state index contributed by atoms with van der Waals surface area (Å²) in [6.45, 7) is 0. The lowest BCUT2D eigenvalue weighted by atomic mass is 9.91. The molecule has 0 amide bonds. The Kier molecular flexibility index (Phi) is 8.38. The highest BCUT2D eigenvalue weighted by Crippen LogP contribution is 2.43. The van der Waals surface area contributed by atoms with Gasteiger partial charge in [-0.3, -0.25) is 0 Å². The van der Waals surface area contributed by atoms with Gasteiger partial charge in [-0.25, -0.2) is 19.9 Å². The maximum atomic E-state index is 6.57. The summed E-state index contributed by atoms with van der Waals surface area (Å²) in [4.78, 5) is 19.7. The molecule has 0 saturated heterocycles. The quantitative estimate of drug-likeness (QED) is 0.160. The van der Waals surface area contributed by atoms with Gasteiger partial charge in [-0.05, 0) is 62.9 Å². The van der Waals surface area contributed by atoms with Crippen molar-refractivity contribution in [2.24, 2.45) is 0 Å². The van der Waals surface area contributed by atoms with Crippen LogP contribution in [0.1, 0.15) is 0 Å². The molecule has 0 unspecified atom stereocenters. The number of hydrogen-bond donors (Lipinski definition) is 0. The Hall–Kier alpha value is -8.48. The van der Waals surface area contributed by atoms with Crippen LogP contribution in [0.3, 0.4) is 0 Å². The lowest BCUT2D eigenvalue weighted by Crippen LogP contribution is -2.00. The molecule has 0 aliphatic heterocycles. The van der Waals surface area contributed by atoms with Gasteiger partial charge in [0.05, 0.1) is 5.39 Å². The van der Waals surface area contributed by atoms with Crippen LogP contribution in [-0.2, 0) is 0 Å². The summed E-state index contributed by atoms with van der Waals surface area (Å²) in [6, 6.07) is 70.7. The van der Waals surface area contributed by atoms with Crippen LogP contribution in [0, 0.1) is 0 Å². The molecular formula is C56H34N4O2. The van der Waals surface area contributed by atoms with Gasteiger partial charge in [0.1, 0.15) is 16.7 Å². The van der Waals surface area contributed by atoms with E-state index in [0.29, 0.717) is 23.4 Å². The summed E-state index contributed by atoms with van der Waals surface area (Å²) in [5.41, 5.74) is 13.4. The fraction of sp³-hybridized carbons (Fsp3) is 0. The molecule has 0 aliphatic carbocycles. The monoisotopic (exact) mass is 794 g/mol. The number of benzene rings is 9. The fourth-order valence-corrected chi connectivity index (χ4v) is 8.56. The van der Waals surface area contributed by atoms with Crippen LogP contribution >= 0.6 is 0 Å². The van der Waals surface area contributed by atoms with Gasteiger partial charge in [0.2, 0.25) is 5.89 Å². The summed E-state index contributed by atoms with van der Waals surface area (Å²) in [7, 11) is 0. The molecule has 0 bridgehead atoms. The molecule has 0 fully saturated rings. The third kappa shape index (κ3) is 6.13. The van der Waals surface area contributed by atoms with E-state index in [-0.39, 0.29) is 0 Å². The number of hydrogen-bond acceptors (Lipinski definition) is 6. The minimum atomic E-state index is 0.587. The van der Waals surface area contributed by atoms with Crippen LogP contribution in [0.5, 0.6) is 0 Å². The Morgan fingerprint density at radius 2 is 0.710 bits per heavy atom. The van der Waals surface area contributed by atoms with Gasteiger partial charge < -0.3 is 8.83 Å². The van der Waals surface area contributed by atoms with Crippen LogP contribution in [0.4, 0.5) is 0 Å². The smallest absolute Gasteiger partial charge is 0.227 e. The van der Waals surface area contributed by atoms with E-state index in [0.717, 1.165) is 88.7 Å². The van der Waals surface area contributed by atoms with Crippen molar-refractivity contribution in [1.82, 2.24) is 19.9 Å². The predicted octanol–water partition coefficient (Wildman–Crippen LogP) is 14.7. The second-order valence-corrected chi connectivity index (χ2v) is 15.4. The van der Waals surface area contributed by atoms with E-state index < -0.39 is 0 Å². The van der Waals surface area contributed by atoms with Crippen molar-refractivity contribution in [3.05, 3.63) is 206 Å². The Balaban J connectivity index is 0.903. The lowest BCUT2D eigenvalue weighted by molar-refractivity contribution is 0.622. The number of oxazole rings is 1. The van der Waals surface area contributed by atoms with E-state index in [4.69, 9.17) is 28.8 Å². The van der Waals surface area contributed by atoms with Crippen molar-refractivity contribution in [2.45, 2.75) is 0 Å². The van der Waals surface area contributed by atoms with Crippen LogP contribution in [-0.4, -0.2) is 19.9 Å². The zero-order valence-corrected chi connectivity index (χ0v) is 33.2. The largest absolute Gasteiger partial charge is 0.455 e. The Labute approximate surface area is 356 Å². The number of fused-ring (bicyclic) bond motifs is 6. The first-order chi connectivity index (χ1) is 30.7. The first-order valence-electron chi connectivity index (χ1n) is 20.6. The third-order valence-corrected chi connectivity index (χ3v) is 11.6. The summed E-state index contributed by atoms with van der Waals surface area (Å²) >= 11 is 0. The van der Waals surface area contributed by atoms with E-state index in [2.05, 4.69) is 97.1 Å². The van der Waals surface area contributed by atoms with Gasteiger partial charge >= 0.3 is 0 Å². The summed E-state index contributed by atoms with van der Waals surface area (Å²) in [5.74, 6) is 2.50. The standard InChI is InChI=1S/C56H34N4O2/c1-4-14-38(15-5-1)53-58-54(39-16-6-2-7-17-39)60-55(59-53)40-30-28-36(29-31-40)43-33-32-42(44-20-10-11-21-45(43)44)35-24-26-37(27-25-35)47-34-48-52(62-56(57-48)41-18-8-3-9-19-41)50-46-22-12-13-23-49(46)61-51(47)50/h1-34H. The Morgan fingerprint density at radius 3 is 1.24 bits per heavy atom. The molecule has 0 atom stereocenters. The van der Waals surface area contributed by atoms with Gasteiger partial charge in [0.15, 0.2) is 23.1 Å². The molecule has 6 heteroatoms. The van der Waals surface area contributed by atoms with Gasteiger partial charge in [-0.15, -0.1) is 0 Å². The van der Waals surface area contributed by atoms with Crippen molar-refractivity contribution in [3.63, 3.8) is 0 Å². The van der Waals surface area contributed by atoms with Gasteiger partial charge in [0, 0.05) is 33.2 Å². The summed E-state index contributed by atoms with van der Waals surface area (Å²) in [5, 5.41) is 4.29. The number of para-hydroxylation sites is 1. The maximum Gasteiger partial charge on any atom is 0.227 e. The fourth-order valence-electron chi connectivity index (χ4n) is 8.56. The zero-order valence-electron chi connectivity index (χ0n) is 33.2. The molecule has 290 valence electrons. The number of aromatic nitrogens is 4.